The normalized spacial score (nSPS) is 22.4. The zero-order valence-corrected chi connectivity index (χ0v) is 13.9. The second-order valence-electron chi connectivity index (χ2n) is 5.79. The largest absolute Gasteiger partial charge is 0.480 e. The Labute approximate surface area is 144 Å². The number of urea groups is 1. The topological polar surface area (TPSA) is 106 Å². The highest BCUT2D eigenvalue weighted by atomic mass is 16.4. The number of nitrogens with one attached hydrogen (secondary N) is 1. The average Bonchev–Trinajstić information content (AvgIpc) is 2.94. The van der Waals surface area contributed by atoms with Crippen molar-refractivity contribution in [1.82, 2.24) is 15.1 Å². The van der Waals surface area contributed by atoms with Crippen molar-refractivity contribution < 1.29 is 19.5 Å². The van der Waals surface area contributed by atoms with Crippen LogP contribution in [0.5, 0.6) is 0 Å². The molecule has 25 heavy (non-hydrogen) atoms. The van der Waals surface area contributed by atoms with Crippen LogP contribution < -0.4 is 10.2 Å². The van der Waals surface area contributed by atoms with E-state index in [-0.39, 0.29) is 0 Å². The lowest BCUT2D eigenvalue weighted by atomic mass is 10.1. The molecule has 1 aromatic rings. The summed E-state index contributed by atoms with van der Waals surface area (Å²) in [5.74, 6) is -1.26. The molecule has 3 rings (SSSR count). The molecule has 0 saturated carbocycles. The molecule has 0 radical (unpaired) electrons. The Morgan fingerprint density at radius 2 is 2.00 bits per heavy atom. The van der Waals surface area contributed by atoms with Crippen molar-refractivity contribution in [3.05, 3.63) is 30.3 Å². The predicted molar refractivity (Wildman–Crippen MR) is 90.1 cm³/mol. The van der Waals surface area contributed by atoms with Gasteiger partial charge >= 0.3 is 12.0 Å². The van der Waals surface area contributed by atoms with E-state index in [0.29, 0.717) is 12.5 Å². The second-order valence-corrected chi connectivity index (χ2v) is 5.79. The Morgan fingerprint density at radius 1 is 1.32 bits per heavy atom. The molecule has 0 bridgehead atoms. The number of amides is 3. The SMILES string of the molecule is CCN(C1=NC2C(C(=O)NC(=O)N2C)N1CC(=O)O)c1ccccc1. The second kappa shape index (κ2) is 6.42. The van der Waals surface area contributed by atoms with E-state index in [9.17, 15) is 19.5 Å². The molecular weight excluding hydrogens is 326 g/mol. The number of hydrogen-bond donors (Lipinski definition) is 2. The number of nitrogens with zero attached hydrogens (tertiary/aromatic N) is 4. The Balaban J connectivity index is 2.04. The van der Waals surface area contributed by atoms with Crippen LogP contribution >= 0.6 is 0 Å². The number of rotatable bonds is 4. The van der Waals surface area contributed by atoms with Crippen molar-refractivity contribution >= 4 is 29.6 Å². The van der Waals surface area contributed by atoms with E-state index in [0.717, 1.165) is 5.69 Å². The van der Waals surface area contributed by atoms with Crippen molar-refractivity contribution in [2.75, 3.05) is 25.0 Å². The standard InChI is InChI=1S/C16H19N5O4/c1-3-20(10-7-5-4-6-8-10)15-17-13-12(21(15)9-11(22)23)14(24)18-16(25)19(13)2/h4-8,12-13H,3,9H2,1-2H3,(H,22,23)(H,18,24,25). The number of carboxylic acid groups (broad SMARTS) is 1. The minimum atomic E-state index is -1.08. The summed E-state index contributed by atoms with van der Waals surface area (Å²) in [5.41, 5.74) is 0.826. The number of aliphatic carboxylic acids is 1. The van der Waals surface area contributed by atoms with Crippen LogP contribution in [0.2, 0.25) is 0 Å². The number of para-hydroxylation sites is 1. The maximum atomic E-state index is 12.3. The number of carbonyl (C=O) groups excluding carboxylic acids is 2. The number of benzene rings is 1. The molecule has 9 nitrogen and oxygen atoms in total. The van der Waals surface area contributed by atoms with Gasteiger partial charge in [-0.25, -0.2) is 9.79 Å². The van der Waals surface area contributed by atoms with Crippen LogP contribution in [-0.4, -0.2) is 71.1 Å². The molecule has 0 aromatic heterocycles. The number of anilines is 1. The molecule has 2 aliphatic rings. The van der Waals surface area contributed by atoms with Gasteiger partial charge in [-0.2, -0.15) is 0 Å². The van der Waals surface area contributed by atoms with E-state index in [1.807, 2.05) is 42.2 Å². The molecule has 1 fully saturated rings. The summed E-state index contributed by atoms with van der Waals surface area (Å²) in [4.78, 5) is 44.6. The molecule has 0 spiro atoms. The van der Waals surface area contributed by atoms with Gasteiger partial charge in [0.05, 0.1) is 0 Å². The molecule has 0 aliphatic carbocycles. The third-order valence-corrected chi connectivity index (χ3v) is 4.27. The molecule has 1 aromatic carbocycles. The summed E-state index contributed by atoms with van der Waals surface area (Å²) in [7, 11) is 1.53. The van der Waals surface area contributed by atoms with Gasteiger partial charge in [-0.3, -0.25) is 14.9 Å². The maximum Gasteiger partial charge on any atom is 0.325 e. The summed E-state index contributed by atoms with van der Waals surface area (Å²) in [6.07, 6.45) is -0.756. The van der Waals surface area contributed by atoms with Gasteiger partial charge in [0.15, 0.2) is 12.2 Å². The fraction of sp³-hybridized carbons (Fsp3) is 0.375. The van der Waals surface area contributed by atoms with E-state index in [1.165, 1.54) is 16.8 Å². The fourth-order valence-electron chi connectivity index (χ4n) is 3.10. The highest BCUT2D eigenvalue weighted by molar-refractivity contribution is 6.07. The summed E-state index contributed by atoms with van der Waals surface area (Å²) in [5, 5.41) is 11.5. The third kappa shape index (κ3) is 2.88. The highest BCUT2D eigenvalue weighted by Crippen LogP contribution is 2.27. The quantitative estimate of drug-likeness (QED) is 0.804. The lowest BCUT2D eigenvalue weighted by Crippen LogP contribution is -2.64. The average molecular weight is 345 g/mol. The van der Waals surface area contributed by atoms with Crippen molar-refractivity contribution in [1.29, 1.82) is 0 Å². The number of guanidine groups is 1. The number of aliphatic imine (C=N–C) groups is 1. The van der Waals surface area contributed by atoms with Crippen LogP contribution in [-0.2, 0) is 9.59 Å². The molecule has 9 heteroatoms. The lowest BCUT2D eigenvalue weighted by molar-refractivity contribution is -0.138. The Kier molecular flexibility index (Phi) is 4.30. The molecule has 132 valence electrons. The maximum absolute atomic E-state index is 12.3. The summed E-state index contributed by atoms with van der Waals surface area (Å²) < 4.78 is 0. The smallest absolute Gasteiger partial charge is 0.325 e. The first-order chi connectivity index (χ1) is 11.9. The zero-order chi connectivity index (χ0) is 18.1. The lowest BCUT2D eigenvalue weighted by Gasteiger charge is -2.36. The first-order valence-corrected chi connectivity index (χ1v) is 7.90. The van der Waals surface area contributed by atoms with Crippen molar-refractivity contribution in [3.63, 3.8) is 0 Å². The number of hydrogen-bond acceptors (Lipinski definition) is 6. The van der Waals surface area contributed by atoms with Crippen LogP contribution in [0.25, 0.3) is 0 Å². The van der Waals surface area contributed by atoms with E-state index in [1.54, 1.807) is 0 Å². The Bertz CT molecular complexity index is 735. The van der Waals surface area contributed by atoms with Gasteiger partial charge in [-0.05, 0) is 19.1 Å². The van der Waals surface area contributed by atoms with E-state index in [2.05, 4.69) is 10.3 Å². The minimum absolute atomic E-state index is 0.364. The number of carbonyl (C=O) groups is 3. The van der Waals surface area contributed by atoms with Gasteiger partial charge in [0.1, 0.15) is 6.54 Å². The van der Waals surface area contributed by atoms with Gasteiger partial charge in [0, 0.05) is 19.3 Å². The minimum Gasteiger partial charge on any atom is -0.480 e. The zero-order valence-electron chi connectivity index (χ0n) is 13.9. The molecule has 2 aliphatic heterocycles. The Morgan fingerprint density at radius 3 is 2.60 bits per heavy atom. The van der Waals surface area contributed by atoms with Crippen LogP contribution in [0, 0.1) is 0 Å². The molecule has 2 N–H and O–H groups in total. The van der Waals surface area contributed by atoms with Crippen molar-refractivity contribution in [2.24, 2.45) is 4.99 Å². The van der Waals surface area contributed by atoms with Crippen LogP contribution in [0.1, 0.15) is 6.92 Å². The van der Waals surface area contributed by atoms with Gasteiger partial charge in [0.2, 0.25) is 5.96 Å². The molecular formula is C16H19N5O4. The Hall–Kier alpha value is -3.10. The molecule has 2 heterocycles. The van der Waals surface area contributed by atoms with E-state index in [4.69, 9.17) is 0 Å². The molecule has 2 unspecified atom stereocenters. The first kappa shape index (κ1) is 16.7. The van der Waals surface area contributed by atoms with Crippen molar-refractivity contribution in [3.8, 4) is 0 Å². The summed E-state index contributed by atoms with van der Waals surface area (Å²) in [6.45, 7) is 2.04. The number of imide groups is 1. The van der Waals surface area contributed by atoms with Crippen molar-refractivity contribution in [2.45, 2.75) is 19.1 Å². The van der Waals surface area contributed by atoms with Gasteiger partial charge < -0.3 is 19.8 Å². The molecule has 3 amide bonds. The van der Waals surface area contributed by atoms with Crippen LogP contribution in [0.4, 0.5) is 10.5 Å². The fourth-order valence-corrected chi connectivity index (χ4v) is 3.10. The van der Waals surface area contributed by atoms with Crippen LogP contribution in [0.15, 0.2) is 35.3 Å². The summed E-state index contributed by atoms with van der Waals surface area (Å²) >= 11 is 0. The first-order valence-electron chi connectivity index (χ1n) is 7.90. The van der Waals surface area contributed by atoms with E-state index >= 15 is 0 Å². The van der Waals surface area contributed by atoms with Gasteiger partial charge in [-0.15, -0.1) is 0 Å². The van der Waals surface area contributed by atoms with E-state index < -0.39 is 36.7 Å². The number of carboxylic acids is 1. The molecule has 1 saturated heterocycles. The van der Waals surface area contributed by atoms with Crippen LogP contribution in [0.3, 0.4) is 0 Å². The third-order valence-electron chi connectivity index (χ3n) is 4.27. The predicted octanol–water partition coefficient (Wildman–Crippen LogP) is 0.145. The number of likely N-dealkylation sites (N-methyl/N-ethyl adjacent to an activating group) is 1. The highest BCUT2D eigenvalue weighted by Gasteiger charge is 2.50. The van der Waals surface area contributed by atoms with Gasteiger partial charge in [0.25, 0.3) is 5.91 Å². The monoisotopic (exact) mass is 345 g/mol. The number of fused-ring (bicyclic) bond motifs is 1. The molecule has 2 atom stereocenters. The van der Waals surface area contributed by atoms with Gasteiger partial charge in [-0.1, -0.05) is 18.2 Å². The summed E-state index contributed by atoms with van der Waals surface area (Å²) in [6, 6.07) is 7.95.